The van der Waals surface area contributed by atoms with Gasteiger partial charge in [-0.05, 0) is 18.6 Å². The molecule has 1 aromatic carbocycles. The van der Waals surface area contributed by atoms with E-state index in [0.717, 1.165) is 19.3 Å². The van der Waals surface area contributed by atoms with E-state index in [9.17, 15) is 8.42 Å². The highest BCUT2D eigenvalue weighted by Crippen LogP contribution is 2.14. The number of sulfonamides is 1. The Kier molecular flexibility index (Phi) is 13.3. The van der Waals surface area contributed by atoms with Crippen LogP contribution in [0.25, 0.3) is 0 Å². The van der Waals surface area contributed by atoms with Gasteiger partial charge in [0.25, 0.3) is 0 Å². The van der Waals surface area contributed by atoms with Gasteiger partial charge in [-0.3, -0.25) is 4.72 Å². The normalized spacial score (nSPS) is 11.6. The molecule has 4 heteroatoms. The topological polar surface area (TPSA) is 46.2 Å². The van der Waals surface area contributed by atoms with Crippen molar-refractivity contribution in [2.45, 2.75) is 96.8 Å². The Bertz CT molecular complexity index is 528. The predicted octanol–water partition coefficient (Wildman–Crippen LogP) is 6.91. The summed E-state index contributed by atoms with van der Waals surface area (Å²) < 4.78 is 26.7. The maximum atomic E-state index is 12.0. The van der Waals surface area contributed by atoms with Crippen LogP contribution in [-0.4, -0.2) is 14.2 Å². The number of unbranched alkanes of at least 4 members (excludes halogenated alkanes) is 13. The summed E-state index contributed by atoms with van der Waals surface area (Å²) in [4.78, 5) is 0. The van der Waals surface area contributed by atoms with Gasteiger partial charge in [-0.15, -0.1) is 0 Å². The summed E-state index contributed by atoms with van der Waals surface area (Å²) in [5, 5.41) is 0. The Morgan fingerprint density at radius 2 is 1.08 bits per heavy atom. The second-order valence-corrected chi connectivity index (χ2v) is 9.23. The van der Waals surface area contributed by atoms with E-state index < -0.39 is 10.0 Å². The van der Waals surface area contributed by atoms with E-state index >= 15 is 0 Å². The highest BCUT2D eigenvalue weighted by Gasteiger charge is 2.09. The molecule has 0 heterocycles. The lowest BCUT2D eigenvalue weighted by atomic mass is 10.0. The van der Waals surface area contributed by atoms with Crippen LogP contribution < -0.4 is 4.72 Å². The third-order valence-electron chi connectivity index (χ3n) is 4.81. The Hall–Kier alpha value is -1.03. The second-order valence-electron chi connectivity index (χ2n) is 7.38. The fourth-order valence-electron chi connectivity index (χ4n) is 3.22. The van der Waals surface area contributed by atoms with Crippen LogP contribution in [-0.2, 0) is 10.0 Å². The molecule has 0 saturated carbocycles. The van der Waals surface area contributed by atoms with Gasteiger partial charge in [0.15, 0.2) is 0 Å². The van der Waals surface area contributed by atoms with Crippen molar-refractivity contribution in [3.05, 3.63) is 30.3 Å². The summed E-state index contributed by atoms with van der Waals surface area (Å²) in [7, 11) is -3.20. The van der Waals surface area contributed by atoms with Crippen molar-refractivity contribution >= 4 is 15.7 Å². The van der Waals surface area contributed by atoms with Crippen LogP contribution in [0.1, 0.15) is 96.8 Å². The van der Waals surface area contributed by atoms with Gasteiger partial charge in [-0.2, -0.15) is 0 Å². The SMILES string of the molecule is CCCCCCCCCCCCCCCCS(=O)(=O)Nc1ccccc1. The Morgan fingerprint density at radius 3 is 1.54 bits per heavy atom. The number of hydrogen-bond donors (Lipinski definition) is 1. The lowest BCUT2D eigenvalue weighted by Crippen LogP contribution is -2.16. The first kappa shape index (κ1) is 23.0. The van der Waals surface area contributed by atoms with Gasteiger partial charge >= 0.3 is 0 Å². The molecule has 0 radical (unpaired) electrons. The zero-order valence-electron chi connectivity index (χ0n) is 16.7. The van der Waals surface area contributed by atoms with Crippen LogP contribution in [0.4, 0.5) is 5.69 Å². The summed E-state index contributed by atoms with van der Waals surface area (Å²) in [6, 6.07) is 9.12. The van der Waals surface area contributed by atoms with Crippen molar-refractivity contribution in [1.82, 2.24) is 0 Å². The molecule has 26 heavy (non-hydrogen) atoms. The van der Waals surface area contributed by atoms with E-state index in [1.165, 1.54) is 70.6 Å². The molecule has 0 amide bonds. The molecule has 0 unspecified atom stereocenters. The number of rotatable bonds is 17. The molecule has 0 fully saturated rings. The fourth-order valence-corrected chi connectivity index (χ4v) is 4.40. The minimum atomic E-state index is -3.20. The minimum absolute atomic E-state index is 0.222. The van der Waals surface area contributed by atoms with Crippen LogP contribution in [0.15, 0.2) is 30.3 Å². The molecular weight excluding hydrogens is 342 g/mol. The summed E-state index contributed by atoms with van der Waals surface area (Å²) >= 11 is 0. The monoisotopic (exact) mass is 381 g/mol. The standard InChI is InChI=1S/C22H39NO2S/c1-2-3-4-5-6-7-8-9-10-11-12-13-14-18-21-26(24,25)23-22-19-16-15-17-20-22/h15-17,19-20,23H,2-14,18,21H2,1H3. The first-order valence-corrected chi connectivity index (χ1v) is 12.3. The van der Waals surface area contributed by atoms with Crippen LogP contribution in [0.3, 0.4) is 0 Å². The Balaban J connectivity index is 1.88. The van der Waals surface area contributed by atoms with E-state index in [4.69, 9.17) is 0 Å². The smallest absolute Gasteiger partial charge is 0.232 e. The molecule has 0 bridgehead atoms. The van der Waals surface area contributed by atoms with E-state index in [2.05, 4.69) is 11.6 Å². The lowest BCUT2D eigenvalue weighted by molar-refractivity contribution is 0.537. The van der Waals surface area contributed by atoms with Gasteiger partial charge in [0.05, 0.1) is 5.75 Å². The quantitative estimate of drug-likeness (QED) is 0.298. The number of benzene rings is 1. The number of hydrogen-bond acceptors (Lipinski definition) is 2. The molecule has 1 aromatic rings. The van der Waals surface area contributed by atoms with Crippen LogP contribution >= 0.6 is 0 Å². The van der Waals surface area contributed by atoms with Crippen molar-refractivity contribution in [2.24, 2.45) is 0 Å². The Labute approximate surface area is 162 Å². The van der Waals surface area contributed by atoms with E-state index in [-0.39, 0.29) is 5.75 Å². The van der Waals surface area contributed by atoms with E-state index in [0.29, 0.717) is 5.69 Å². The van der Waals surface area contributed by atoms with E-state index in [1.807, 2.05) is 18.2 Å². The van der Waals surface area contributed by atoms with Crippen LogP contribution in [0.2, 0.25) is 0 Å². The highest BCUT2D eigenvalue weighted by atomic mass is 32.2. The molecule has 0 aromatic heterocycles. The minimum Gasteiger partial charge on any atom is -0.284 e. The number of anilines is 1. The number of para-hydroxylation sites is 1. The molecule has 1 N–H and O–H groups in total. The Morgan fingerprint density at radius 1 is 0.654 bits per heavy atom. The van der Waals surface area contributed by atoms with Crippen molar-refractivity contribution in [2.75, 3.05) is 10.5 Å². The van der Waals surface area contributed by atoms with Crippen LogP contribution in [0.5, 0.6) is 0 Å². The highest BCUT2D eigenvalue weighted by molar-refractivity contribution is 7.92. The van der Waals surface area contributed by atoms with Crippen molar-refractivity contribution in [1.29, 1.82) is 0 Å². The molecule has 1 rings (SSSR count). The predicted molar refractivity (Wildman–Crippen MR) is 114 cm³/mol. The van der Waals surface area contributed by atoms with Crippen LogP contribution in [0, 0.1) is 0 Å². The lowest BCUT2D eigenvalue weighted by Gasteiger charge is -2.07. The maximum Gasteiger partial charge on any atom is 0.232 e. The molecule has 0 aliphatic carbocycles. The van der Waals surface area contributed by atoms with E-state index in [1.54, 1.807) is 12.1 Å². The first-order chi connectivity index (χ1) is 12.6. The van der Waals surface area contributed by atoms with Crippen molar-refractivity contribution < 1.29 is 8.42 Å². The summed E-state index contributed by atoms with van der Waals surface area (Å²) in [6.45, 7) is 2.26. The first-order valence-electron chi connectivity index (χ1n) is 10.7. The third kappa shape index (κ3) is 13.2. The zero-order valence-corrected chi connectivity index (χ0v) is 17.5. The average molecular weight is 382 g/mol. The molecule has 150 valence electrons. The molecule has 3 nitrogen and oxygen atoms in total. The molecule has 0 atom stereocenters. The zero-order chi connectivity index (χ0) is 18.9. The molecule has 0 spiro atoms. The molecular formula is C22H39NO2S. The largest absolute Gasteiger partial charge is 0.284 e. The average Bonchev–Trinajstić information content (AvgIpc) is 2.62. The second kappa shape index (κ2) is 15.1. The molecule has 0 aliphatic rings. The van der Waals surface area contributed by atoms with Gasteiger partial charge in [0, 0.05) is 5.69 Å². The summed E-state index contributed by atoms with van der Waals surface area (Å²) in [5.41, 5.74) is 0.651. The van der Waals surface area contributed by atoms with Gasteiger partial charge in [0.1, 0.15) is 0 Å². The summed E-state index contributed by atoms with van der Waals surface area (Å²) in [5.74, 6) is 0.222. The number of nitrogens with one attached hydrogen (secondary N) is 1. The molecule has 0 saturated heterocycles. The third-order valence-corrected chi connectivity index (χ3v) is 6.19. The van der Waals surface area contributed by atoms with Gasteiger partial charge in [-0.1, -0.05) is 109 Å². The fraction of sp³-hybridized carbons (Fsp3) is 0.727. The van der Waals surface area contributed by atoms with Gasteiger partial charge in [-0.25, -0.2) is 8.42 Å². The summed E-state index contributed by atoms with van der Waals surface area (Å²) in [6.07, 6.45) is 17.9. The van der Waals surface area contributed by atoms with Crippen molar-refractivity contribution in [3.63, 3.8) is 0 Å². The van der Waals surface area contributed by atoms with Crippen molar-refractivity contribution in [3.8, 4) is 0 Å². The molecule has 0 aliphatic heterocycles. The van der Waals surface area contributed by atoms with Gasteiger partial charge < -0.3 is 0 Å². The van der Waals surface area contributed by atoms with Gasteiger partial charge in [0.2, 0.25) is 10.0 Å². The maximum absolute atomic E-state index is 12.0.